The molecule has 0 saturated carbocycles. The van der Waals surface area contributed by atoms with Crippen LogP contribution >= 0.6 is 11.6 Å². The Morgan fingerprint density at radius 3 is 2.80 bits per heavy atom. The van der Waals surface area contributed by atoms with Crippen LogP contribution in [0.4, 0.5) is 4.39 Å². The van der Waals surface area contributed by atoms with E-state index in [1.165, 1.54) is 16.8 Å². The number of hydrogen-bond acceptors (Lipinski definition) is 3. The molecule has 0 bridgehead atoms. The van der Waals surface area contributed by atoms with Crippen molar-refractivity contribution >= 4 is 17.6 Å². The van der Waals surface area contributed by atoms with Crippen LogP contribution in [-0.4, -0.2) is 20.9 Å². The van der Waals surface area contributed by atoms with Gasteiger partial charge in [0.2, 0.25) is 0 Å². The first kappa shape index (κ1) is 14.3. The second-order valence-electron chi connectivity index (χ2n) is 4.19. The third kappa shape index (κ3) is 2.60. The van der Waals surface area contributed by atoms with E-state index < -0.39 is 11.8 Å². The molecule has 0 aliphatic heterocycles. The third-order valence-corrected chi connectivity index (χ3v) is 3.30. The number of carboxylic acids is 1. The van der Waals surface area contributed by atoms with E-state index in [1.54, 1.807) is 14.0 Å². The lowest BCUT2D eigenvalue weighted by Gasteiger charge is -2.10. The van der Waals surface area contributed by atoms with Crippen molar-refractivity contribution in [3.05, 3.63) is 46.0 Å². The molecule has 1 heterocycles. The summed E-state index contributed by atoms with van der Waals surface area (Å²) in [4.78, 5) is 11.0. The van der Waals surface area contributed by atoms with Gasteiger partial charge in [-0.1, -0.05) is 17.7 Å². The van der Waals surface area contributed by atoms with Crippen LogP contribution in [-0.2, 0) is 13.7 Å². The molecule has 106 valence electrons. The summed E-state index contributed by atoms with van der Waals surface area (Å²) in [6.07, 6.45) is 0. The average molecular weight is 299 g/mol. The Hall–Kier alpha value is -2.08. The molecule has 0 aliphatic carbocycles. The average Bonchev–Trinajstić information content (AvgIpc) is 2.62. The van der Waals surface area contributed by atoms with E-state index in [4.69, 9.17) is 21.4 Å². The first-order valence-electron chi connectivity index (χ1n) is 5.74. The summed E-state index contributed by atoms with van der Waals surface area (Å²) in [7, 11) is 1.67. The quantitative estimate of drug-likeness (QED) is 0.942. The minimum Gasteiger partial charge on any atom is -0.485 e. The van der Waals surface area contributed by atoms with Gasteiger partial charge in [-0.2, -0.15) is 5.10 Å². The van der Waals surface area contributed by atoms with Gasteiger partial charge in [0.1, 0.15) is 17.3 Å². The summed E-state index contributed by atoms with van der Waals surface area (Å²) in [6, 6.07) is 3.73. The fraction of sp³-hybridized carbons (Fsp3) is 0.231. The topological polar surface area (TPSA) is 64.4 Å². The van der Waals surface area contributed by atoms with Crippen molar-refractivity contribution in [2.24, 2.45) is 7.05 Å². The molecule has 2 aromatic rings. The molecule has 1 aromatic carbocycles. The maximum atomic E-state index is 13.7. The van der Waals surface area contributed by atoms with Crippen molar-refractivity contribution in [1.82, 2.24) is 9.78 Å². The Kier molecular flexibility index (Phi) is 3.94. The number of para-hydroxylation sites is 1. The van der Waals surface area contributed by atoms with Crippen LogP contribution in [0.2, 0.25) is 5.15 Å². The van der Waals surface area contributed by atoms with E-state index >= 15 is 0 Å². The molecule has 1 aromatic heterocycles. The van der Waals surface area contributed by atoms with Crippen LogP contribution in [0.1, 0.15) is 21.6 Å². The van der Waals surface area contributed by atoms with Crippen molar-refractivity contribution in [3.63, 3.8) is 0 Å². The number of hydrogen-bond donors (Lipinski definition) is 1. The zero-order valence-electron chi connectivity index (χ0n) is 10.9. The number of aryl methyl sites for hydroxylation is 2. The second-order valence-corrected chi connectivity index (χ2v) is 4.55. The highest BCUT2D eigenvalue weighted by molar-refractivity contribution is 6.30. The van der Waals surface area contributed by atoms with E-state index in [0.29, 0.717) is 16.4 Å². The molecule has 0 unspecified atom stereocenters. The summed E-state index contributed by atoms with van der Waals surface area (Å²) >= 11 is 6.03. The van der Waals surface area contributed by atoms with E-state index in [2.05, 4.69) is 5.10 Å². The van der Waals surface area contributed by atoms with Crippen molar-refractivity contribution < 1.29 is 19.0 Å². The molecule has 0 atom stereocenters. The monoisotopic (exact) mass is 298 g/mol. The van der Waals surface area contributed by atoms with Crippen molar-refractivity contribution in [1.29, 1.82) is 0 Å². The molecule has 1 N–H and O–H groups in total. The van der Waals surface area contributed by atoms with Gasteiger partial charge in [0, 0.05) is 12.6 Å². The van der Waals surface area contributed by atoms with Crippen LogP contribution in [0.15, 0.2) is 18.2 Å². The highest BCUT2D eigenvalue weighted by Gasteiger charge is 2.18. The van der Waals surface area contributed by atoms with Crippen LogP contribution in [0.25, 0.3) is 0 Å². The molecule has 20 heavy (non-hydrogen) atoms. The molecule has 0 radical (unpaired) electrons. The van der Waals surface area contributed by atoms with Crippen molar-refractivity contribution in [3.8, 4) is 5.75 Å². The minimum absolute atomic E-state index is 0.0558. The number of ether oxygens (including phenoxy) is 1. The third-order valence-electron chi connectivity index (χ3n) is 2.83. The van der Waals surface area contributed by atoms with Gasteiger partial charge >= 0.3 is 5.97 Å². The molecule has 5 nitrogen and oxygen atoms in total. The predicted molar refractivity (Wildman–Crippen MR) is 70.6 cm³/mol. The van der Waals surface area contributed by atoms with Gasteiger partial charge < -0.3 is 9.84 Å². The SMILES string of the molecule is Cc1nn(C)c(Cl)c1COc1c(F)cccc1C(=O)O. The predicted octanol–water partition coefficient (Wildman–Crippen LogP) is 2.80. The number of halogens is 2. The first-order valence-corrected chi connectivity index (χ1v) is 6.12. The van der Waals surface area contributed by atoms with Gasteiger partial charge in [0.25, 0.3) is 0 Å². The van der Waals surface area contributed by atoms with Crippen molar-refractivity contribution in [2.45, 2.75) is 13.5 Å². The number of aromatic nitrogens is 2. The summed E-state index contributed by atoms with van der Waals surface area (Å²) in [5, 5.41) is 13.5. The van der Waals surface area contributed by atoms with E-state index in [-0.39, 0.29) is 17.9 Å². The van der Waals surface area contributed by atoms with Crippen LogP contribution in [0.3, 0.4) is 0 Å². The number of carbonyl (C=O) groups is 1. The molecule has 0 spiro atoms. The zero-order chi connectivity index (χ0) is 14.9. The Bertz CT molecular complexity index is 670. The van der Waals surface area contributed by atoms with Crippen LogP contribution in [0.5, 0.6) is 5.75 Å². The molecule has 7 heteroatoms. The van der Waals surface area contributed by atoms with Gasteiger partial charge in [-0.15, -0.1) is 0 Å². The number of rotatable bonds is 4. The lowest BCUT2D eigenvalue weighted by atomic mass is 10.2. The van der Waals surface area contributed by atoms with Gasteiger partial charge in [-0.25, -0.2) is 9.18 Å². The largest absolute Gasteiger partial charge is 0.485 e. The molecule has 0 saturated heterocycles. The van der Waals surface area contributed by atoms with Crippen molar-refractivity contribution in [2.75, 3.05) is 0 Å². The number of aromatic carboxylic acids is 1. The maximum Gasteiger partial charge on any atom is 0.339 e. The zero-order valence-corrected chi connectivity index (χ0v) is 11.6. The minimum atomic E-state index is -1.26. The summed E-state index contributed by atoms with van der Waals surface area (Å²) in [5.41, 5.74) is 1.00. The summed E-state index contributed by atoms with van der Waals surface area (Å²) in [6.45, 7) is 1.68. The van der Waals surface area contributed by atoms with Gasteiger partial charge in [-0.3, -0.25) is 4.68 Å². The fourth-order valence-electron chi connectivity index (χ4n) is 1.81. The molecule has 2 rings (SSSR count). The highest BCUT2D eigenvalue weighted by atomic mass is 35.5. The summed E-state index contributed by atoms with van der Waals surface area (Å²) < 4.78 is 20.4. The Balaban J connectivity index is 2.30. The molecule has 0 amide bonds. The van der Waals surface area contributed by atoms with Gasteiger partial charge in [-0.05, 0) is 19.1 Å². The van der Waals surface area contributed by atoms with E-state index in [1.807, 2.05) is 0 Å². The smallest absolute Gasteiger partial charge is 0.339 e. The number of nitrogens with zero attached hydrogens (tertiary/aromatic N) is 2. The lowest BCUT2D eigenvalue weighted by molar-refractivity contribution is 0.0690. The van der Waals surface area contributed by atoms with Gasteiger partial charge in [0.05, 0.1) is 5.69 Å². The maximum absolute atomic E-state index is 13.7. The standard InChI is InChI=1S/C13H12ClFN2O3/c1-7-9(12(14)17(2)16-7)6-20-11-8(13(18)19)4-3-5-10(11)15/h3-5H,6H2,1-2H3,(H,18,19). The molecular weight excluding hydrogens is 287 g/mol. The fourth-order valence-corrected chi connectivity index (χ4v) is 2.04. The lowest BCUT2D eigenvalue weighted by Crippen LogP contribution is -2.06. The highest BCUT2D eigenvalue weighted by Crippen LogP contribution is 2.26. The van der Waals surface area contributed by atoms with E-state index in [9.17, 15) is 9.18 Å². The first-order chi connectivity index (χ1) is 9.41. The summed E-state index contributed by atoms with van der Waals surface area (Å²) in [5.74, 6) is -2.30. The normalized spacial score (nSPS) is 10.6. The Labute approximate surface area is 119 Å². The molecular formula is C13H12ClFN2O3. The molecule has 0 aliphatic rings. The Morgan fingerprint density at radius 2 is 2.25 bits per heavy atom. The van der Waals surface area contributed by atoms with Crippen LogP contribution < -0.4 is 4.74 Å². The van der Waals surface area contributed by atoms with E-state index in [0.717, 1.165) is 6.07 Å². The molecule has 0 fully saturated rings. The second kappa shape index (κ2) is 5.50. The number of benzene rings is 1. The van der Waals surface area contributed by atoms with Gasteiger partial charge in [0.15, 0.2) is 11.6 Å². The number of carboxylic acid groups (broad SMARTS) is 1. The van der Waals surface area contributed by atoms with Crippen LogP contribution in [0, 0.1) is 12.7 Å². The Morgan fingerprint density at radius 1 is 1.55 bits per heavy atom.